The number of amides is 2. The van der Waals surface area contributed by atoms with Crippen LogP contribution in [0.1, 0.15) is 40.7 Å². The van der Waals surface area contributed by atoms with E-state index in [1.807, 2.05) is 23.6 Å². The number of anilines is 2. The van der Waals surface area contributed by atoms with Gasteiger partial charge in [0.1, 0.15) is 5.76 Å². The summed E-state index contributed by atoms with van der Waals surface area (Å²) in [4.78, 5) is 31.3. The van der Waals surface area contributed by atoms with Gasteiger partial charge in [0.25, 0.3) is 5.91 Å². The number of aromatic nitrogens is 2. The molecular weight excluding hydrogens is 390 g/mol. The van der Waals surface area contributed by atoms with Crippen molar-refractivity contribution in [1.29, 1.82) is 0 Å². The summed E-state index contributed by atoms with van der Waals surface area (Å²) in [5.41, 5.74) is 1.47. The van der Waals surface area contributed by atoms with Crippen molar-refractivity contribution in [1.82, 2.24) is 15.0 Å². The summed E-state index contributed by atoms with van der Waals surface area (Å²) in [5, 5.41) is 11.9. The van der Waals surface area contributed by atoms with E-state index in [0.29, 0.717) is 22.3 Å². The molecule has 1 atom stereocenters. The molecule has 1 saturated heterocycles. The standard InChI is InChI=1S/C20H21N5O3S/c1-13-10-17(24-28-13)22-18(26)11-25-9-5-8-16(25)15-12-29-20(21-15)23-19(27)14-6-3-2-4-7-14/h2-4,6-7,10,12,16H,5,8-9,11H2,1H3,(H,21,23,27)(H,22,24,26). The molecule has 0 spiro atoms. The van der Waals surface area contributed by atoms with Crippen LogP contribution in [0.25, 0.3) is 0 Å². The van der Waals surface area contributed by atoms with Crippen LogP contribution < -0.4 is 10.6 Å². The Hall–Kier alpha value is -3.04. The molecule has 1 fully saturated rings. The van der Waals surface area contributed by atoms with Gasteiger partial charge in [0.05, 0.1) is 18.3 Å². The molecule has 8 nitrogen and oxygen atoms in total. The average Bonchev–Trinajstić information content (AvgIpc) is 3.44. The molecule has 1 aliphatic heterocycles. The molecule has 29 heavy (non-hydrogen) atoms. The maximum Gasteiger partial charge on any atom is 0.257 e. The first-order chi connectivity index (χ1) is 14.1. The highest BCUT2D eigenvalue weighted by molar-refractivity contribution is 7.14. The number of nitrogens with one attached hydrogen (secondary N) is 2. The smallest absolute Gasteiger partial charge is 0.257 e. The number of rotatable bonds is 6. The lowest BCUT2D eigenvalue weighted by molar-refractivity contribution is -0.117. The monoisotopic (exact) mass is 411 g/mol. The number of nitrogens with zero attached hydrogens (tertiary/aromatic N) is 3. The molecule has 3 aromatic rings. The van der Waals surface area contributed by atoms with Gasteiger partial charge in [-0.15, -0.1) is 11.3 Å². The Morgan fingerprint density at radius 2 is 2.10 bits per heavy atom. The zero-order valence-corrected chi connectivity index (χ0v) is 16.7. The van der Waals surface area contributed by atoms with Gasteiger partial charge in [0.15, 0.2) is 10.9 Å². The van der Waals surface area contributed by atoms with E-state index in [-0.39, 0.29) is 24.4 Å². The van der Waals surface area contributed by atoms with Crippen LogP contribution in [0.4, 0.5) is 10.9 Å². The third-order valence-corrected chi connectivity index (χ3v) is 5.50. The Bertz CT molecular complexity index is 1000. The first-order valence-electron chi connectivity index (χ1n) is 9.37. The van der Waals surface area contributed by atoms with E-state index in [4.69, 9.17) is 4.52 Å². The number of aryl methyl sites for hydroxylation is 1. The van der Waals surface area contributed by atoms with Crippen molar-refractivity contribution in [3.8, 4) is 0 Å². The second-order valence-corrected chi connectivity index (χ2v) is 7.76. The molecule has 150 valence electrons. The van der Waals surface area contributed by atoms with Gasteiger partial charge in [-0.25, -0.2) is 4.98 Å². The van der Waals surface area contributed by atoms with Gasteiger partial charge >= 0.3 is 0 Å². The highest BCUT2D eigenvalue weighted by atomic mass is 32.1. The Kier molecular flexibility index (Phi) is 5.68. The molecule has 1 aliphatic rings. The minimum absolute atomic E-state index is 0.0541. The van der Waals surface area contributed by atoms with Gasteiger partial charge in [0.2, 0.25) is 5.91 Å². The summed E-state index contributed by atoms with van der Waals surface area (Å²) >= 11 is 1.39. The van der Waals surface area contributed by atoms with Crippen LogP contribution in [0.2, 0.25) is 0 Å². The highest BCUT2D eigenvalue weighted by Gasteiger charge is 2.29. The van der Waals surface area contributed by atoms with Gasteiger partial charge in [-0.2, -0.15) is 0 Å². The van der Waals surface area contributed by atoms with Crippen molar-refractivity contribution in [2.75, 3.05) is 23.7 Å². The summed E-state index contributed by atoms with van der Waals surface area (Å²) in [5.74, 6) is 0.741. The second-order valence-electron chi connectivity index (χ2n) is 6.90. The van der Waals surface area contributed by atoms with Crippen molar-refractivity contribution in [2.24, 2.45) is 0 Å². The maximum atomic E-state index is 12.4. The molecule has 3 heterocycles. The molecule has 4 rings (SSSR count). The Morgan fingerprint density at radius 1 is 1.28 bits per heavy atom. The molecule has 2 N–H and O–H groups in total. The average molecular weight is 411 g/mol. The van der Waals surface area contributed by atoms with Crippen LogP contribution in [0.5, 0.6) is 0 Å². The molecule has 2 amide bonds. The number of hydrogen-bond donors (Lipinski definition) is 2. The van der Waals surface area contributed by atoms with Gasteiger partial charge in [0, 0.05) is 17.0 Å². The summed E-state index contributed by atoms with van der Waals surface area (Å²) in [6.45, 7) is 2.84. The van der Waals surface area contributed by atoms with E-state index in [1.54, 1.807) is 25.1 Å². The van der Waals surface area contributed by atoms with E-state index >= 15 is 0 Å². The first kappa shape index (κ1) is 19.3. The molecular formula is C20H21N5O3S. The molecule has 0 aliphatic carbocycles. The molecule has 0 bridgehead atoms. The maximum absolute atomic E-state index is 12.4. The highest BCUT2D eigenvalue weighted by Crippen LogP contribution is 2.33. The number of carbonyl (C=O) groups is 2. The molecule has 1 unspecified atom stereocenters. The number of carbonyl (C=O) groups excluding carboxylic acids is 2. The molecule has 0 saturated carbocycles. The van der Waals surface area contributed by atoms with Crippen molar-refractivity contribution in [2.45, 2.75) is 25.8 Å². The fourth-order valence-corrected chi connectivity index (χ4v) is 4.15. The predicted octanol–water partition coefficient (Wildman–Crippen LogP) is 3.47. The number of thiazole rings is 1. The molecule has 9 heteroatoms. The van der Waals surface area contributed by atoms with Gasteiger partial charge in [-0.05, 0) is 38.4 Å². The van der Waals surface area contributed by atoms with Crippen molar-refractivity contribution in [3.05, 3.63) is 58.8 Å². The van der Waals surface area contributed by atoms with E-state index in [0.717, 1.165) is 25.1 Å². The lowest BCUT2D eigenvalue weighted by Gasteiger charge is -2.22. The fourth-order valence-electron chi connectivity index (χ4n) is 3.40. The minimum Gasteiger partial charge on any atom is -0.360 e. The van der Waals surface area contributed by atoms with E-state index in [9.17, 15) is 9.59 Å². The first-order valence-corrected chi connectivity index (χ1v) is 10.3. The predicted molar refractivity (Wildman–Crippen MR) is 110 cm³/mol. The van der Waals surface area contributed by atoms with E-state index in [2.05, 4.69) is 25.7 Å². The van der Waals surface area contributed by atoms with E-state index < -0.39 is 0 Å². The van der Waals surface area contributed by atoms with Crippen LogP contribution in [0, 0.1) is 6.92 Å². The van der Waals surface area contributed by atoms with Crippen molar-refractivity contribution in [3.63, 3.8) is 0 Å². The number of benzene rings is 1. The summed E-state index contributed by atoms with van der Waals surface area (Å²) in [7, 11) is 0. The van der Waals surface area contributed by atoms with Gasteiger partial charge < -0.3 is 9.84 Å². The summed E-state index contributed by atoms with van der Waals surface area (Å²) in [6, 6.07) is 10.8. The lowest BCUT2D eigenvalue weighted by Crippen LogP contribution is -2.33. The third-order valence-electron chi connectivity index (χ3n) is 4.73. The molecule has 2 aromatic heterocycles. The second kappa shape index (κ2) is 8.54. The molecule has 0 radical (unpaired) electrons. The number of likely N-dealkylation sites (tertiary alicyclic amines) is 1. The Balaban J connectivity index is 1.37. The van der Waals surface area contributed by atoms with Gasteiger partial charge in [-0.3, -0.25) is 19.8 Å². The third kappa shape index (κ3) is 4.69. The minimum atomic E-state index is -0.183. The number of hydrogen-bond acceptors (Lipinski definition) is 7. The van der Waals surface area contributed by atoms with Crippen LogP contribution in [-0.2, 0) is 4.79 Å². The fraction of sp³-hybridized carbons (Fsp3) is 0.300. The van der Waals surface area contributed by atoms with Crippen LogP contribution in [0.15, 0.2) is 46.3 Å². The Labute approximate surface area is 171 Å². The zero-order valence-electron chi connectivity index (χ0n) is 15.9. The van der Waals surface area contributed by atoms with Crippen molar-refractivity contribution < 1.29 is 14.1 Å². The van der Waals surface area contributed by atoms with Crippen molar-refractivity contribution >= 4 is 34.1 Å². The molecule has 1 aromatic carbocycles. The van der Waals surface area contributed by atoms with Crippen LogP contribution in [-0.4, -0.2) is 39.9 Å². The summed E-state index contributed by atoms with van der Waals surface area (Å²) < 4.78 is 4.97. The van der Waals surface area contributed by atoms with Crippen LogP contribution >= 0.6 is 11.3 Å². The largest absolute Gasteiger partial charge is 0.360 e. The quantitative estimate of drug-likeness (QED) is 0.644. The van der Waals surface area contributed by atoms with Crippen LogP contribution in [0.3, 0.4) is 0 Å². The SMILES string of the molecule is Cc1cc(NC(=O)CN2CCCC2c2csc(NC(=O)c3ccccc3)n2)no1. The summed E-state index contributed by atoms with van der Waals surface area (Å²) in [6.07, 6.45) is 1.91. The van der Waals surface area contributed by atoms with E-state index in [1.165, 1.54) is 11.3 Å². The topological polar surface area (TPSA) is 100 Å². The normalized spacial score (nSPS) is 16.7. The zero-order chi connectivity index (χ0) is 20.2. The van der Waals surface area contributed by atoms with Gasteiger partial charge in [-0.1, -0.05) is 23.4 Å². The Morgan fingerprint density at radius 3 is 2.86 bits per heavy atom. The lowest BCUT2D eigenvalue weighted by atomic mass is 10.2.